The Kier molecular flexibility index (Phi) is 6.69. The van der Waals surface area contributed by atoms with Crippen LogP contribution in [0.2, 0.25) is 0 Å². The summed E-state index contributed by atoms with van der Waals surface area (Å²) in [5.41, 5.74) is 0. The fourth-order valence-corrected chi connectivity index (χ4v) is 2.83. The summed E-state index contributed by atoms with van der Waals surface area (Å²) in [6, 6.07) is 0.328. The molecule has 3 atom stereocenters. The molecule has 3 heteroatoms. The average molecular weight is 254 g/mol. The van der Waals surface area contributed by atoms with Crippen LogP contribution in [0.15, 0.2) is 0 Å². The third-order valence-corrected chi connectivity index (χ3v) is 4.24. The van der Waals surface area contributed by atoms with E-state index in [9.17, 15) is 4.79 Å². The first-order valence-corrected chi connectivity index (χ1v) is 7.54. The van der Waals surface area contributed by atoms with E-state index in [1.807, 2.05) is 0 Å². The quantitative estimate of drug-likeness (QED) is 0.765. The molecule has 0 spiro atoms. The van der Waals surface area contributed by atoms with E-state index in [0.29, 0.717) is 30.2 Å². The standard InChI is InChI=1S/C15H30N2O/c1-5-14(11(2)3)17-15(18)9-12(4)13-7-6-8-16-10-13/h11-14,16H,5-10H2,1-4H3,(H,17,18). The maximum atomic E-state index is 12.0. The van der Waals surface area contributed by atoms with Gasteiger partial charge in [-0.05, 0) is 50.1 Å². The Balaban J connectivity index is 2.34. The lowest BCUT2D eigenvalue weighted by atomic mass is 9.85. The van der Waals surface area contributed by atoms with Crippen molar-refractivity contribution in [2.45, 2.75) is 59.4 Å². The molecule has 1 fully saturated rings. The summed E-state index contributed by atoms with van der Waals surface area (Å²) in [7, 11) is 0. The Morgan fingerprint density at radius 1 is 1.39 bits per heavy atom. The van der Waals surface area contributed by atoms with Crippen molar-refractivity contribution in [3.8, 4) is 0 Å². The van der Waals surface area contributed by atoms with Crippen LogP contribution in [0.1, 0.15) is 53.4 Å². The molecule has 0 aromatic carbocycles. The Hall–Kier alpha value is -0.570. The summed E-state index contributed by atoms with van der Waals surface area (Å²) >= 11 is 0. The van der Waals surface area contributed by atoms with E-state index in [1.54, 1.807) is 0 Å². The summed E-state index contributed by atoms with van der Waals surface area (Å²) in [4.78, 5) is 12.0. The van der Waals surface area contributed by atoms with E-state index in [0.717, 1.165) is 19.5 Å². The van der Waals surface area contributed by atoms with Crippen LogP contribution in [-0.4, -0.2) is 25.0 Å². The van der Waals surface area contributed by atoms with Crippen molar-refractivity contribution in [3.05, 3.63) is 0 Å². The minimum Gasteiger partial charge on any atom is -0.353 e. The van der Waals surface area contributed by atoms with E-state index >= 15 is 0 Å². The summed E-state index contributed by atoms with van der Waals surface area (Å²) in [6.45, 7) is 10.9. The average Bonchev–Trinajstić information content (AvgIpc) is 2.36. The minimum atomic E-state index is 0.230. The van der Waals surface area contributed by atoms with Crippen molar-refractivity contribution < 1.29 is 4.79 Å². The molecule has 106 valence electrons. The van der Waals surface area contributed by atoms with Crippen molar-refractivity contribution >= 4 is 5.91 Å². The Morgan fingerprint density at radius 2 is 2.11 bits per heavy atom. The van der Waals surface area contributed by atoms with Gasteiger partial charge in [0.25, 0.3) is 0 Å². The van der Waals surface area contributed by atoms with Gasteiger partial charge in [0.2, 0.25) is 5.91 Å². The lowest BCUT2D eigenvalue weighted by Crippen LogP contribution is -2.40. The molecule has 1 aliphatic rings. The molecule has 3 nitrogen and oxygen atoms in total. The molecule has 0 aromatic rings. The maximum absolute atomic E-state index is 12.0. The van der Waals surface area contributed by atoms with Gasteiger partial charge in [0.05, 0.1) is 0 Å². The topological polar surface area (TPSA) is 41.1 Å². The van der Waals surface area contributed by atoms with Gasteiger partial charge in [-0.25, -0.2) is 0 Å². The molecule has 1 amide bonds. The maximum Gasteiger partial charge on any atom is 0.220 e. The molecule has 3 unspecified atom stereocenters. The van der Waals surface area contributed by atoms with E-state index in [4.69, 9.17) is 0 Å². The van der Waals surface area contributed by atoms with Crippen molar-refractivity contribution in [3.63, 3.8) is 0 Å². The lowest BCUT2D eigenvalue weighted by Gasteiger charge is -2.29. The fraction of sp³-hybridized carbons (Fsp3) is 0.933. The second-order valence-corrected chi connectivity index (χ2v) is 6.11. The van der Waals surface area contributed by atoms with E-state index in [1.165, 1.54) is 12.8 Å². The zero-order chi connectivity index (χ0) is 13.5. The second kappa shape index (κ2) is 7.78. The molecule has 0 aromatic heterocycles. The number of rotatable bonds is 6. The summed E-state index contributed by atoms with van der Waals surface area (Å²) in [5, 5.41) is 6.60. The molecule has 0 saturated carbocycles. The van der Waals surface area contributed by atoms with Crippen LogP contribution in [0.5, 0.6) is 0 Å². The number of hydrogen-bond acceptors (Lipinski definition) is 2. The van der Waals surface area contributed by atoms with Crippen LogP contribution in [0.25, 0.3) is 0 Å². The molecule has 1 aliphatic heterocycles. The largest absolute Gasteiger partial charge is 0.353 e. The van der Waals surface area contributed by atoms with Gasteiger partial charge in [0.1, 0.15) is 0 Å². The third kappa shape index (κ3) is 4.97. The molecule has 0 radical (unpaired) electrons. The van der Waals surface area contributed by atoms with E-state index in [2.05, 4.69) is 38.3 Å². The molecule has 2 N–H and O–H groups in total. The minimum absolute atomic E-state index is 0.230. The highest BCUT2D eigenvalue weighted by molar-refractivity contribution is 5.76. The van der Waals surface area contributed by atoms with Gasteiger partial charge in [0, 0.05) is 12.5 Å². The predicted molar refractivity (Wildman–Crippen MR) is 76.4 cm³/mol. The number of hydrogen-bond donors (Lipinski definition) is 2. The van der Waals surface area contributed by atoms with Gasteiger partial charge in [-0.1, -0.05) is 27.7 Å². The van der Waals surface area contributed by atoms with Crippen LogP contribution >= 0.6 is 0 Å². The van der Waals surface area contributed by atoms with Crippen LogP contribution in [-0.2, 0) is 4.79 Å². The molecule has 18 heavy (non-hydrogen) atoms. The summed E-state index contributed by atoms with van der Waals surface area (Å²) in [6.07, 6.45) is 4.21. The molecule has 0 bridgehead atoms. The molecular weight excluding hydrogens is 224 g/mol. The highest BCUT2D eigenvalue weighted by Gasteiger charge is 2.23. The number of piperidine rings is 1. The molecule has 1 rings (SSSR count). The van der Waals surface area contributed by atoms with Gasteiger partial charge in [0.15, 0.2) is 0 Å². The Bertz CT molecular complexity index is 247. The van der Waals surface area contributed by atoms with E-state index in [-0.39, 0.29) is 5.91 Å². The van der Waals surface area contributed by atoms with Crippen LogP contribution < -0.4 is 10.6 Å². The van der Waals surface area contributed by atoms with Crippen LogP contribution in [0, 0.1) is 17.8 Å². The first-order chi connectivity index (χ1) is 8.54. The number of amides is 1. The van der Waals surface area contributed by atoms with Crippen molar-refractivity contribution in [2.75, 3.05) is 13.1 Å². The third-order valence-electron chi connectivity index (χ3n) is 4.24. The second-order valence-electron chi connectivity index (χ2n) is 6.11. The van der Waals surface area contributed by atoms with Crippen molar-refractivity contribution in [2.24, 2.45) is 17.8 Å². The van der Waals surface area contributed by atoms with Gasteiger partial charge in [-0.2, -0.15) is 0 Å². The van der Waals surface area contributed by atoms with Gasteiger partial charge >= 0.3 is 0 Å². The first kappa shape index (κ1) is 15.5. The fourth-order valence-electron chi connectivity index (χ4n) is 2.83. The smallest absolute Gasteiger partial charge is 0.220 e. The van der Waals surface area contributed by atoms with Crippen LogP contribution in [0.3, 0.4) is 0 Å². The molecule has 1 heterocycles. The highest BCUT2D eigenvalue weighted by atomic mass is 16.1. The zero-order valence-corrected chi connectivity index (χ0v) is 12.5. The Morgan fingerprint density at radius 3 is 2.61 bits per heavy atom. The number of carbonyl (C=O) groups is 1. The highest BCUT2D eigenvalue weighted by Crippen LogP contribution is 2.22. The first-order valence-electron chi connectivity index (χ1n) is 7.54. The molecule has 1 saturated heterocycles. The van der Waals surface area contributed by atoms with E-state index < -0.39 is 0 Å². The van der Waals surface area contributed by atoms with Gasteiger partial charge in [-0.15, -0.1) is 0 Å². The van der Waals surface area contributed by atoms with Crippen molar-refractivity contribution in [1.29, 1.82) is 0 Å². The van der Waals surface area contributed by atoms with Gasteiger partial charge in [-0.3, -0.25) is 4.79 Å². The molecular formula is C15H30N2O. The SMILES string of the molecule is CCC(NC(=O)CC(C)C1CCCNC1)C(C)C. The Labute approximate surface area is 112 Å². The zero-order valence-electron chi connectivity index (χ0n) is 12.5. The van der Waals surface area contributed by atoms with Gasteiger partial charge < -0.3 is 10.6 Å². The molecule has 0 aliphatic carbocycles. The number of nitrogens with one attached hydrogen (secondary N) is 2. The van der Waals surface area contributed by atoms with Crippen molar-refractivity contribution in [1.82, 2.24) is 10.6 Å². The number of carbonyl (C=O) groups excluding carboxylic acids is 1. The predicted octanol–water partition coefficient (Wildman–Crippen LogP) is 2.56. The lowest BCUT2D eigenvalue weighted by molar-refractivity contribution is -0.123. The monoisotopic (exact) mass is 254 g/mol. The van der Waals surface area contributed by atoms with Crippen LogP contribution in [0.4, 0.5) is 0 Å². The normalized spacial score (nSPS) is 23.7. The summed E-state index contributed by atoms with van der Waals surface area (Å²) in [5.74, 6) is 1.91. The summed E-state index contributed by atoms with van der Waals surface area (Å²) < 4.78 is 0.